The van der Waals surface area contributed by atoms with E-state index in [0.29, 0.717) is 6.42 Å². The summed E-state index contributed by atoms with van der Waals surface area (Å²) in [5.41, 5.74) is 3.87. The van der Waals surface area contributed by atoms with Crippen molar-refractivity contribution in [2.24, 2.45) is 0 Å². The van der Waals surface area contributed by atoms with Crippen LogP contribution in [0.1, 0.15) is 22.3 Å². The van der Waals surface area contributed by atoms with Gasteiger partial charge < -0.3 is 5.11 Å². The summed E-state index contributed by atoms with van der Waals surface area (Å²) >= 11 is 0. The average molecular weight is 420 g/mol. The average Bonchev–Trinajstić information content (AvgIpc) is 2.88. The van der Waals surface area contributed by atoms with E-state index in [1.807, 2.05) is 36.4 Å². The monoisotopic (exact) mass is 419 g/mol. The molecule has 0 saturated carbocycles. The van der Waals surface area contributed by atoms with Crippen molar-refractivity contribution in [1.82, 2.24) is 5.32 Å². The summed E-state index contributed by atoms with van der Waals surface area (Å²) in [5, 5.41) is 14.9. The van der Waals surface area contributed by atoms with Crippen LogP contribution in [0, 0.1) is 0 Å². The molecule has 0 amide bonds. The Labute approximate surface area is 190 Å². The van der Waals surface area contributed by atoms with Crippen LogP contribution in [-0.4, -0.2) is 17.3 Å². The lowest BCUT2D eigenvalue weighted by atomic mass is 9.76. The third-order valence-corrected chi connectivity index (χ3v) is 5.97. The molecule has 0 aromatic heterocycles. The van der Waals surface area contributed by atoms with Gasteiger partial charge in [-0.2, -0.15) is 0 Å². The Bertz CT molecular complexity index is 998. The van der Waals surface area contributed by atoms with E-state index < -0.39 is 11.6 Å². The third-order valence-electron chi connectivity index (χ3n) is 5.97. The quantitative estimate of drug-likeness (QED) is 0.268. The highest BCUT2D eigenvalue weighted by atomic mass is 16.3. The second-order valence-electron chi connectivity index (χ2n) is 8.01. The predicted octanol–water partition coefficient (Wildman–Crippen LogP) is 5.73. The molecule has 0 saturated heterocycles. The first-order valence-electron chi connectivity index (χ1n) is 11.0. The highest BCUT2D eigenvalue weighted by Gasteiger charge is 2.39. The fourth-order valence-electron chi connectivity index (χ4n) is 4.38. The maximum absolute atomic E-state index is 11.0. The molecule has 2 heteroatoms. The van der Waals surface area contributed by atoms with Gasteiger partial charge in [-0.05, 0) is 28.7 Å². The first kappa shape index (κ1) is 21.8. The fraction of sp³-hybridized carbons (Fsp3) is 0.133. The SMILES string of the molecule is C=CC(O)[C@H](Cc1ccccc1)NC(c1ccccc1)(c1ccccc1)c1ccccc1. The predicted molar refractivity (Wildman–Crippen MR) is 132 cm³/mol. The third kappa shape index (κ3) is 4.57. The molecule has 0 aliphatic carbocycles. The number of aliphatic hydroxyl groups excluding tert-OH is 1. The summed E-state index contributed by atoms with van der Waals surface area (Å²) in [6.45, 7) is 3.88. The Kier molecular flexibility index (Phi) is 6.96. The van der Waals surface area contributed by atoms with Crippen molar-refractivity contribution < 1.29 is 5.11 Å². The van der Waals surface area contributed by atoms with Crippen molar-refractivity contribution in [3.8, 4) is 0 Å². The summed E-state index contributed by atoms with van der Waals surface area (Å²) in [7, 11) is 0. The van der Waals surface area contributed by atoms with Crippen LogP contribution < -0.4 is 5.32 Å². The molecule has 0 aliphatic heterocycles. The van der Waals surface area contributed by atoms with Gasteiger partial charge in [-0.1, -0.05) is 127 Å². The fourth-order valence-corrected chi connectivity index (χ4v) is 4.38. The van der Waals surface area contributed by atoms with E-state index in [1.165, 1.54) is 0 Å². The summed E-state index contributed by atoms with van der Waals surface area (Å²) in [6.07, 6.45) is 1.57. The van der Waals surface area contributed by atoms with E-state index in [-0.39, 0.29) is 6.04 Å². The summed E-state index contributed by atoms with van der Waals surface area (Å²) < 4.78 is 0. The molecule has 0 aliphatic rings. The Morgan fingerprint density at radius 3 is 1.41 bits per heavy atom. The minimum absolute atomic E-state index is 0.254. The lowest BCUT2D eigenvalue weighted by Gasteiger charge is -2.41. The van der Waals surface area contributed by atoms with E-state index in [9.17, 15) is 5.11 Å². The Balaban J connectivity index is 1.90. The van der Waals surface area contributed by atoms with Crippen molar-refractivity contribution in [2.45, 2.75) is 24.1 Å². The largest absolute Gasteiger partial charge is 0.387 e. The minimum atomic E-state index is -0.717. The van der Waals surface area contributed by atoms with Crippen molar-refractivity contribution in [3.05, 3.63) is 156 Å². The second-order valence-corrected chi connectivity index (χ2v) is 8.01. The molecule has 0 fully saturated rings. The Morgan fingerprint density at radius 2 is 1.03 bits per heavy atom. The number of hydrogen-bond acceptors (Lipinski definition) is 2. The highest BCUT2D eigenvalue weighted by Crippen LogP contribution is 2.37. The summed E-state index contributed by atoms with van der Waals surface area (Å²) in [6, 6.07) is 41.4. The zero-order valence-corrected chi connectivity index (χ0v) is 18.1. The van der Waals surface area contributed by atoms with Gasteiger partial charge in [0, 0.05) is 6.04 Å². The lowest BCUT2D eigenvalue weighted by Crippen LogP contribution is -2.54. The van der Waals surface area contributed by atoms with Gasteiger partial charge >= 0.3 is 0 Å². The number of nitrogens with one attached hydrogen (secondary N) is 1. The molecule has 32 heavy (non-hydrogen) atoms. The molecule has 0 spiro atoms. The van der Waals surface area contributed by atoms with Crippen LogP contribution in [0.15, 0.2) is 134 Å². The summed E-state index contributed by atoms with van der Waals surface area (Å²) in [5.74, 6) is 0. The van der Waals surface area contributed by atoms with Gasteiger partial charge in [0.1, 0.15) is 0 Å². The van der Waals surface area contributed by atoms with Crippen molar-refractivity contribution in [1.29, 1.82) is 0 Å². The normalized spacial score (nSPS) is 13.3. The number of benzene rings is 4. The standard InChI is InChI=1S/C30H29NO/c1-2-29(32)28(23-24-15-7-3-8-16-24)31-30(25-17-9-4-10-18-25,26-19-11-5-12-20-26)27-21-13-6-14-22-27/h2-22,28-29,31-32H,1,23H2/t28-,29?/m0/s1. The molecule has 4 rings (SSSR count). The summed E-state index contributed by atoms with van der Waals surface area (Å²) in [4.78, 5) is 0. The van der Waals surface area contributed by atoms with E-state index in [2.05, 4.69) is 96.8 Å². The number of aliphatic hydroxyl groups is 1. The molecule has 4 aromatic rings. The van der Waals surface area contributed by atoms with Gasteiger partial charge in [0.05, 0.1) is 11.6 Å². The first-order valence-corrected chi connectivity index (χ1v) is 11.0. The van der Waals surface area contributed by atoms with Gasteiger partial charge in [0.15, 0.2) is 0 Å². The minimum Gasteiger partial charge on any atom is -0.387 e. The van der Waals surface area contributed by atoms with Gasteiger partial charge in [-0.25, -0.2) is 0 Å². The number of rotatable bonds is 9. The number of hydrogen-bond donors (Lipinski definition) is 2. The molecule has 0 heterocycles. The van der Waals surface area contributed by atoms with Gasteiger partial charge in [-0.15, -0.1) is 6.58 Å². The first-order chi connectivity index (χ1) is 15.7. The van der Waals surface area contributed by atoms with Gasteiger partial charge in [0.25, 0.3) is 0 Å². The van der Waals surface area contributed by atoms with Crippen molar-refractivity contribution in [2.75, 3.05) is 0 Å². The molecule has 160 valence electrons. The van der Waals surface area contributed by atoms with Crippen LogP contribution in [0.4, 0.5) is 0 Å². The van der Waals surface area contributed by atoms with Crippen LogP contribution in [0.25, 0.3) is 0 Å². The molecule has 4 aromatic carbocycles. The molecule has 2 nitrogen and oxygen atoms in total. The Morgan fingerprint density at radius 1 is 0.656 bits per heavy atom. The zero-order chi connectivity index (χ0) is 22.2. The van der Waals surface area contributed by atoms with Crippen LogP contribution in [0.5, 0.6) is 0 Å². The second kappa shape index (κ2) is 10.2. The van der Waals surface area contributed by atoms with E-state index in [4.69, 9.17) is 0 Å². The van der Waals surface area contributed by atoms with E-state index >= 15 is 0 Å². The maximum atomic E-state index is 11.0. The molecule has 1 unspecified atom stereocenters. The van der Waals surface area contributed by atoms with Crippen molar-refractivity contribution in [3.63, 3.8) is 0 Å². The molecular weight excluding hydrogens is 390 g/mol. The van der Waals surface area contributed by atoms with Gasteiger partial charge in [0.2, 0.25) is 0 Å². The molecule has 0 radical (unpaired) electrons. The van der Waals surface area contributed by atoms with E-state index in [1.54, 1.807) is 6.08 Å². The van der Waals surface area contributed by atoms with Crippen LogP contribution >= 0.6 is 0 Å². The smallest absolute Gasteiger partial charge is 0.0951 e. The van der Waals surface area contributed by atoms with Crippen LogP contribution in [-0.2, 0) is 12.0 Å². The lowest BCUT2D eigenvalue weighted by molar-refractivity contribution is 0.156. The molecule has 2 N–H and O–H groups in total. The van der Waals surface area contributed by atoms with E-state index in [0.717, 1.165) is 22.3 Å². The Hall–Kier alpha value is -3.46. The highest BCUT2D eigenvalue weighted by molar-refractivity contribution is 5.49. The topological polar surface area (TPSA) is 32.3 Å². The molecule has 2 atom stereocenters. The maximum Gasteiger partial charge on any atom is 0.0951 e. The van der Waals surface area contributed by atoms with Crippen LogP contribution in [0.2, 0.25) is 0 Å². The molecular formula is C30H29NO. The zero-order valence-electron chi connectivity index (χ0n) is 18.1. The van der Waals surface area contributed by atoms with Crippen LogP contribution in [0.3, 0.4) is 0 Å². The molecule has 0 bridgehead atoms. The van der Waals surface area contributed by atoms with Crippen molar-refractivity contribution >= 4 is 0 Å². The van der Waals surface area contributed by atoms with Gasteiger partial charge in [-0.3, -0.25) is 5.32 Å².